The molecule has 1 saturated heterocycles. The van der Waals surface area contributed by atoms with E-state index in [0.29, 0.717) is 31.9 Å². The summed E-state index contributed by atoms with van der Waals surface area (Å²) in [5.41, 5.74) is 7.86. The van der Waals surface area contributed by atoms with Crippen LogP contribution in [-0.2, 0) is 4.74 Å². The summed E-state index contributed by atoms with van der Waals surface area (Å²) in [5, 5.41) is 4.49. The molecule has 2 aromatic rings. The highest BCUT2D eigenvalue weighted by atomic mass is 35.5. The molecule has 1 aliphatic rings. The van der Waals surface area contributed by atoms with Gasteiger partial charge in [0.15, 0.2) is 5.69 Å². The summed E-state index contributed by atoms with van der Waals surface area (Å²) in [6.45, 7) is 4.72. The maximum Gasteiger partial charge on any atom is 0.274 e. The summed E-state index contributed by atoms with van der Waals surface area (Å²) in [7, 11) is 1.63. The Hall–Kier alpha value is -2.09. The molecule has 0 unspecified atom stereocenters. The fourth-order valence-electron chi connectivity index (χ4n) is 3.27. The lowest BCUT2D eigenvalue weighted by atomic mass is 10.1. The quantitative estimate of drug-likeness (QED) is 0.712. The Balaban J connectivity index is 0.00000280. The van der Waals surface area contributed by atoms with Gasteiger partial charge in [0.05, 0.1) is 13.2 Å². The number of likely N-dealkylation sites (tertiary alicyclic amines) is 1. The van der Waals surface area contributed by atoms with Crippen molar-refractivity contribution < 1.29 is 14.3 Å². The van der Waals surface area contributed by atoms with Crippen molar-refractivity contribution in [3.63, 3.8) is 0 Å². The van der Waals surface area contributed by atoms with Crippen molar-refractivity contribution in [3.05, 3.63) is 41.7 Å². The molecular formula is C20H29ClN4O3. The second kappa shape index (κ2) is 10.5. The average Bonchev–Trinajstić information content (AvgIpc) is 3.18. The Morgan fingerprint density at radius 1 is 1.29 bits per heavy atom. The van der Waals surface area contributed by atoms with E-state index in [0.717, 1.165) is 36.3 Å². The molecule has 0 saturated carbocycles. The van der Waals surface area contributed by atoms with Crippen molar-refractivity contribution in [1.82, 2.24) is 14.7 Å². The van der Waals surface area contributed by atoms with Gasteiger partial charge in [-0.2, -0.15) is 5.10 Å². The average molecular weight is 409 g/mol. The first-order valence-electron chi connectivity index (χ1n) is 9.44. The van der Waals surface area contributed by atoms with E-state index in [1.165, 1.54) is 0 Å². The first kappa shape index (κ1) is 22.2. The number of aromatic nitrogens is 2. The molecule has 1 aromatic carbocycles. The highest BCUT2D eigenvalue weighted by molar-refractivity contribution is 5.92. The van der Waals surface area contributed by atoms with Crippen LogP contribution in [0.1, 0.15) is 35.3 Å². The number of methoxy groups -OCH3 is 1. The van der Waals surface area contributed by atoms with Crippen LogP contribution >= 0.6 is 12.4 Å². The van der Waals surface area contributed by atoms with Gasteiger partial charge in [0, 0.05) is 25.9 Å². The molecule has 28 heavy (non-hydrogen) atoms. The van der Waals surface area contributed by atoms with Crippen LogP contribution in [0.2, 0.25) is 0 Å². The molecule has 154 valence electrons. The van der Waals surface area contributed by atoms with Gasteiger partial charge in [0.1, 0.15) is 11.4 Å². The van der Waals surface area contributed by atoms with Gasteiger partial charge in [0.25, 0.3) is 5.91 Å². The molecule has 0 atom stereocenters. The molecule has 0 radical (unpaired) electrons. The number of nitrogens with zero attached hydrogens (tertiary/aromatic N) is 3. The number of carbonyl (C=O) groups excluding carboxylic acids is 1. The van der Waals surface area contributed by atoms with Crippen LogP contribution in [0.3, 0.4) is 0 Å². The van der Waals surface area contributed by atoms with E-state index < -0.39 is 0 Å². The van der Waals surface area contributed by atoms with Crippen LogP contribution in [0.15, 0.2) is 30.5 Å². The van der Waals surface area contributed by atoms with Gasteiger partial charge in [-0.3, -0.25) is 4.79 Å². The van der Waals surface area contributed by atoms with Gasteiger partial charge in [-0.15, -0.1) is 12.4 Å². The van der Waals surface area contributed by atoms with Crippen LogP contribution in [0, 0.1) is 6.92 Å². The molecule has 7 nitrogen and oxygen atoms in total. The topological polar surface area (TPSA) is 82.6 Å². The minimum absolute atomic E-state index is 0. The number of aryl methyl sites for hydroxylation is 1. The number of carbonyl (C=O) groups is 1. The van der Waals surface area contributed by atoms with Crippen molar-refractivity contribution in [2.24, 2.45) is 5.73 Å². The second-order valence-corrected chi connectivity index (χ2v) is 6.83. The first-order chi connectivity index (χ1) is 13.1. The van der Waals surface area contributed by atoms with Crippen LogP contribution < -0.4 is 10.5 Å². The first-order valence-corrected chi connectivity index (χ1v) is 9.44. The third-order valence-electron chi connectivity index (χ3n) is 4.82. The molecule has 1 amide bonds. The lowest BCUT2D eigenvalue weighted by molar-refractivity contribution is 0.00828. The molecule has 3 rings (SSSR count). The lowest BCUT2D eigenvalue weighted by Gasteiger charge is -2.31. The van der Waals surface area contributed by atoms with Crippen LogP contribution in [0.25, 0.3) is 5.69 Å². The van der Waals surface area contributed by atoms with E-state index in [4.69, 9.17) is 15.2 Å². The number of halogens is 1. The number of rotatable bonds is 7. The zero-order valence-electron chi connectivity index (χ0n) is 16.5. The second-order valence-electron chi connectivity index (χ2n) is 6.83. The summed E-state index contributed by atoms with van der Waals surface area (Å²) in [5.74, 6) is 0.680. The van der Waals surface area contributed by atoms with Gasteiger partial charge in [-0.1, -0.05) is 6.07 Å². The smallest absolute Gasteiger partial charge is 0.274 e. The van der Waals surface area contributed by atoms with E-state index in [1.54, 1.807) is 24.1 Å². The van der Waals surface area contributed by atoms with Crippen molar-refractivity contribution in [3.8, 4) is 11.4 Å². The largest absolute Gasteiger partial charge is 0.494 e. The normalized spacial score (nSPS) is 14.6. The van der Waals surface area contributed by atoms with Gasteiger partial charge >= 0.3 is 0 Å². The van der Waals surface area contributed by atoms with E-state index in [9.17, 15) is 4.79 Å². The van der Waals surface area contributed by atoms with E-state index in [2.05, 4.69) is 5.10 Å². The van der Waals surface area contributed by atoms with Gasteiger partial charge in [0.2, 0.25) is 0 Å². The van der Waals surface area contributed by atoms with Gasteiger partial charge in [-0.25, -0.2) is 4.68 Å². The molecule has 0 aliphatic carbocycles. The van der Waals surface area contributed by atoms with Crippen LogP contribution in [-0.4, -0.2) is 60.0 Å². The number of benzene rings is 1. The molecular weight excluding hydrogens is 380 g/mol. The van der Waals surface area contributed by atoms with Crippen molar-refractivity contribution in [2.75, 3.05) is 33.4 Å². The van der Waals surface area contributed by atoms with Gasteiger partial charge in [-0.05, 0) is 56.5 Å². The lowest BCUT2D eigenvalue weighted by Crippen LogP contribution is -2.41. The zero-order valence-corrected chi connectivity index (χ0v) is 17.3. The molecule has 0 bridgehead atoms. The molecule has 8 heteroatoms. The molecule has 1 aliphatic heterocycles. The summed E-state index contributed by atoms with van der Waals surface area (Å²) in [6.07, 6.45) is 4.59. The molecule has 2 N–H and O–H groups in total. The predicted octanol–water partition coefficient (Wildman–Crippen LogP) is 2.58. The standard InChI is InChI=1S/C20H28N4O3.ClH/c1-15-4-5-19(26-2)18(14-15)24-12-8-17(22-24)20(25)23-10-6-16(7-11-23)27-13-3-9-21;/h4-5,8,12,14,16H,3,6-7,9-11,13,21H2,1-2H3;1H. The summed E-state index contributed by atoms with van der Waals surface area (Å²) < 4.78 is 12.9. The molecule has 2 heterocycles. The van der Waals surface area contributed by atoms with Crippen molar-refractivity contribution >= 4 is 18.3 Å². The number of piperidine rings is 1. The Morgan fingerprint density at radius 2 is 2.04 bits per heavy atom. The molecule has 0 spiro atoms. The third-order valence-corrected chi connectivity index (χ3v) is 4.82. The minimum atomic E-state index is -0.0409. The number of ether oxygens (including phenoxy) is 2. The maximum absolute atomic E-state index is 12.8. The number of amides is 1. The molecule has 1 fully saturated rings. The van der Waals surface area contributed by atoms with Gasteiger partial charge < -0.3 is 20.1 Å². The van der Waals surface area contributed by atoms with Crippen molar-refractivity contribution in [2.45, 2.75) is 32.3 Å². The van der Waals surface area contributed by atoms with E-state index in [1.807, 2.05) is 30.0 Å². The fourth-order valence-corrected chi connectivity index (χ4v) is 3.27. The number of hydrogen-bond donors (Lipinski definition) is 1. The Morgan fingerprint density at radius 3 is 2.71 bits per heavy atom. The summed E-state index contributed by atoms with van der Waals surface area (Å²) in [4.78, 5) is 14.6. The highest BCUT2D eigenvalue weighted by Gasteiger charge is 2.25. The Labute approximate surface area is 172 Å². The third kappa shape index (κ3) is 5.25. The van der Waals surface area contributed by atoms with Crippen molar-refractivity contribution in [1.29, 1.82) is 0 Å². The predicted molar refractivity (Wildman–Crippen MR) is 111 cm³/mol. The highest BCUT2D eigenvalue weighted by Crippen LogP contribution is 2.24. The Bertz CT molecular complexity index is 773. The SMILES string of the molecule is COc1ccc(C)cc1-n1ccc(C(=O)N2CCC(OCCCN)CC2)n1.Cl. The fraction of sp³-hybridized carbons (Fsp3) is 0.500. The Kier molecular flexibility index (Phi) is 8.29. The van der Waals surface area contributed by atoms with E-state index >= 15 is 0 Å². The number of nitrogens with two attached hydrogens (primary N) is 1. The summed E-state index contributed by atoms with van der Waals surface area (Å²) in [6, 6.07) is 7.64. The monoisotopic (exact) mass is 408 g/mol. The number of hydrogen-bond acceptors (Lipinski definition) is 5. The van der Waals surface area contributed by atoms with Crippen LogP contribution in [0.5, 0.6) is 5.75 Å². The van der Waals surface area contributed by atoms with E-state index in [-0.39, 0.29) is 24.4 Å². The zero-order chi connectivity index (χ0) is 19.2. The summed E-state index contributed by atoms with van der Waals surface area (Å²) >= 11 is 0. The maximum atomic E-state index is 12.8. The minimum Gasteiger partial charge on any atom is -0.494 e. The van der Waals surface area contributed by atoms with Crippen LogP contribution in [0.4, 0.5) is 0 Å². The molecule has 1 aromatic heterocycles.